The van der Waals surface area contributed by atoms with Crippen molar-refractivity contribution in [3.05, 3.63) is 12.3 Å². The molecule has 0 aromatic rings. The molecule has 4 heteroatoms. The summed E-state index contributed by atoms with van der Waals surface area (Å²) < 4.78 is 4.95. The first-order chi connectivity index (χ1) is 7.88. The minimum absolute atomic E-state index is 0.110. The molecule has 1 unspecified atom stereocenters. The zero-order valence-corrected chi connectivity index (χ0v) is 11.5. The topological polar surface area (TPSA) is 53.4 Å². The highest BCUT2D eigenvalue weighted by Crippen LogP contribution is 2.01. The first-order valence-electron chi connectivity index (χ1n) is 6.04. The third-order valence-electron chi connectivity index (χ3n) is 2.53. The van der Waals surface area contributed by atoms with Crippen molar-refractivity contribution in [2.24, 2.45) is 5.92 Å². The first kappa shape index (κ1) is 15.7. The van der Waals surface area contributed by atoms with E-state index < -0.39 is 5.97 Å². The van der Waals surface area contributed by atoms with Gasteiger partial charge >= 0.3 is 5.97 Å². The van der Waals surface area contributed by atoms with Crippen molar-refractivity contribution in [1.82, 2.24) is 4.90 Å². The Hall–Kier alpha value is -1.32. The van der Waals surface area contributed by atoms with Gasteiger partial charge in [0.1, 0.15) is 5.71 Å². The Morgan fingerprint density at radius 3 is 2.47 bits per heavy atom. The maximum Gasteiger partial charge on any atom is 0.356 e. The van der Waals surface area contributed by atoms with Crippen LogP contribution in [0.15, 0.2) is 12.3 Å². The van der Waals surface area contributed by atoms with Gasteiger partial charge in [0, 0.05) is 19.3 Å². The average molecular weight is 240 g/mol. The molecule has 98 valence electrons. The number of nitrogens with one attached hydrogen (secondary N) is 1. The highest BCUT2D eigenvalue weighted by molar-refractivity contribution is 6.39. The van der Waals surface area contributed by atoms with Gasteiger partial charge in [-0.05, 0) is 25.3 Å². The molecular weight excluding hydrogens is 216 g/mol. The Kier molecular flexibility index (Phi) is 7.26. The zero-order valence-electron chi connectivity index (χ0n) is 11.5. The van der Waals surface area contributed by atoms with Crippen molar-refractivity contribution in [2.75, 3.05) is 13.7 Å². The fourth-order valence-electron chi connectivity index (χ4n) is 1.02. The summed E-state index contributed by atoms with van der Waals surface area (Å²) >= 11 is 0. The number of hydrogen-bond acceptors (Lipinski definition) is 4. The normalized spacial score (nSPS) is 12.8. The summed E-state index contributed by atoms with van der Waals surface area (Å²) in [7, 11) is 1.93. The maximum absolute atomic E-state index is 11.4. The van der Waals surface area contributed by atoms with Gasteiger partial charge in [0.05, 0.1) is 6.61 Å². The van der Waals surface area contributed by atoms with E-state index in [1.54, 1.807) is 6.20 Å². The fourth-order valence-corrected chi connectivity index (χ4v) is 1.02. The SMILES string of the molecule is CCC(C)N(C)/C=C\C(=N)C(=O)OCC(C)C. The van der Waals surface area contributed by atoms with Gasteiger partial charge in [0.15, 0.2) is 0 Å². The Balaban J connectivity index is 4.15. The molecule has 0 amide bonds. The van der Waals surface area contributed by atoms with E-state index in [1.165, 1.54) is 6.08 Å². The van der Waals surface area contributed by atoms with Crippen LogP contribution < -0.4 is 0 Å². The molecular formula is C13H24N2O2. The molecule has 0 aromatic carbocycles. The summed E-state index contributed by atoms with van der Waals surface area (Å²) in [5.41, 5.74) is -0.110. The zero-order chi connectivity index (χ0) is 13.4. The van der Waals surface area contributed by atoms with Crippen molar-refractivity contribution >= 4 is 11.7 Å². The fraction of sp³-hybridized carbons (Fsp3) is 0.692. The molecule has 0 aliphatic heterocycles. The summed E-state index contributed by atoms with van der Waals surface area (Å²) in [4.78, 5) is 13.4. The van der Waals surface area contributed by atoms with Crippen LogP contribution in [0.25, 0.3) is 0 Å². The lowest BCUT2D eigenvalue weighted by atomic mass is 10.2. The molecule has 0 saturated carbocycles. The van der Waals surface area contributed by atoms with E-state index in [1.807, 2.05) is 25.8 Å². The number of carbonyl (C=O) groups is 1. The van der Waals surface area contributed by atoms with Crippen LogP contribution in [0.1, 0.15) is 34.1 Å². The molecule has 1 N–H and O–H groups in total. The number of carbonyl (C=O) groups excluding carboxylic acids is 1. The van der Waals surface area contributed by atoms with Crippen LogP contribution in [0.4, 0.5) is 0 Å². The van der Waals surface area contributed by atoms with Crippen LogP contribution in [0.5, 0.6) is 0 Å². The third-order valence-corrected chi connectivity index (χ3v) is 2.53. The summed E-state index contributed by atoms with van der Waals surface area (Å²) in [6, 6.07) is 0.394. The number of hydrogen-bond donors (Lipinski definition) is 1. The first-order valence-corrected chi connectivity index (χ1v) is 6.04. The van der Waals surface area contributed by atoms with Gasteiger partial charge < -0.3 is 9.64 Å². The quantitative estimate of drug-likeness (QED) is 0.549. The van der Waals surface area contributed by atoms with Crippen molar-refractivity contribution in [3.8, 4) is 0 Å². The van der Waals surface area contributed by atoms with Crippen molar-refractivity contribution < 1.29 is 9.53 Å². The van der Waals surface area contributed by atoms with E-state index in [4.69, 9.17) is 10.1 Å². The van der Waals surface area contributed by atoms with E-state index >= 15 is 0 Å². The molecule has 1 atom stereocenters. The minimum Gasteiger partial charge on any atom is -0.461 e. The molecule has 0 aliphatic carbocycles. The van der Waals surface area contributed by atoms with Crippen molar-refractivity contribution in [3.63, 3.8) is 0 Å². The smallest absolute Gasteiger partial charge is 0.356 e. The summed E-state index contributed by atoms with van der Waals surface area (Å²) in [5, 5.41) is 7.54. The summed E-state index contributed by atoms with van der Waals surface area (Å²) in [5.74, 6) is -0.272. The lowest BCUT2D eigenvalue weighted by Gasteiger charge is -2.21. The van der Waals surface area contributed by atoms with Crippen LogP contribution in [0, 0.1) is 11.3 Å². The predicted molar refractivity (Wildman–Crippen MR) is 70.2 cm³/mol. The van der Waals surface area contributed by atoms with Crippen molar-refractivity contribution in [2.45, 2.75) is 40.2 Å². The lowest BCUT2D eigenvalue weighted by molar-refractivity contribution is -0.136. The molecule has 0 saturated heterocycles. The van der Waals surface area contributed by atoms with Gasteiger partial charge in [-0.15, -0.1) is 0 Å². The number of esters is 1. The molecule has 0 fully saturated rings. The Bertz CT molecular complexity index is 285. The lowest BCUT2D eigenvalue weighted by Crippen LogP contribution is -2.24. The Morgan fingerprint density at radius 2 is 2.00 bits per heavy atom. The second-order valence-corrected chi connectivity index (χ2v) is 4.64. The predicted octanol–water partition coefficient (Wildman–Crippen LogP) is 2.45. The van der Waals surface area contributed by atoms with Crippen LogP contribution in [0.2, 0.25) is 0 Å². The highest BCUT2D eigenvalue weighted by atomic mass is 16.5. The van der Waals surface area contributed by atoms with E-state index in [-0.39, 0.29) is 5.71 Å². The Labute approximate surface area is 104 Å². The Morgan fingerprint density at radius 1 is 1.41 bits per heavy atom. The van der Waals surface area contributed by atoms with Crippen molar-refractivity contribution in [1.29, 1.82) is 5.41 Å². The minimum atomic E-state index is -0.562. The second kappa shape index (κ2) is 7.87. The van der Waals surface area contributed by atoms with E-state index in [0.717, 1.165) is 6.42 Å². The molecule has 0 spiro atoms. The molecule has 0 heterocycles. The third kappa shape index (κ3) is 6.76. The number of rotatable bonds is 7. The standard InChI is InChI=1S/C13H24N2O2/c1-6-11(4)15(5)8-7-12(14)13(16)17-9-10(2)3/h7-8,10-11,14H,6,9H2,1-5H3/b8-7-,14-12?. The van der Waals surface area contributed by atoms with Gasteiger partial charge in [0.2, 0.25) is 0 Å². The number of nitrogens with zero attached hydrogens (tertiary/aromatic N) is 1. The summed E-state index contributed by atoms with van der Waals surface area (Å²) in [6.07, 6.45) is 4.24. The average Bonchev–Trinajstić information content (AvgIpc) is 2.31. The largest absolute Gasteiger partial charge is 0.461 e. The van der Waals surface area contributed by atoms with Crippen LogP contribution in [-0.4, -0.2) is 36.3 Å². The second-order valence-electron chi connectivity index (χ2n) is 4.64. The van der Waals surface area contributed by atoms with E-state index in [2.05, 4.69) is 13.8 Å². The van der Waals surface area contributed by atoms with Crippen LogP contribution in [0.3, 0.4) is 0 Å². The van der Waals surface area contributed by atoms with Gasteiger partial charge in [-0.25, -0.2) is 4.79 Å². The van der Waals surface area contributed by atoms with Gasteiger partial charge in [-0.3, -0.25) is 5.41 Å². The number of ether oxygens (including phenoxy) is 1. The van der Waals surface area contributed by atoms with Gasteiger partial charge in [-0.2, -0.15) is 0 Å². The molecule has 0 aliphatic rings. The van der Waals surface area contributed by atoms with Gasteiger partial charge in [-0.1, -0.05) is 20.8 Å². The molecule has 0 aromatic heterocycles. The van der Waals surface area contributed by atoms with Crippen LogP contribution in [-0.2, 0) is 9.53 Å². The van der Waals surface area contributed by atoms with E-state index in [0.29, 0.717) is 18.6 Å². The summed E-state index contributed by atoms with van der Waals surface area (Å²) in [6.45, 7) is 8.46. The molecule has 4 nitrogen and oxygen atoms in total. The molecule has 0 bridgehead atoms. The molecule has 0 rings (SSSR count). The van der Waals surface area contributed by atoms with Gasteiger partial charge in [0.25, 0.3) is 0 Å². The monoisotopic (exact) mass is 240 g/mol. The van der Waals surface area contributed by atoms with E-state index in [9.17, 15) is 4.79 Å². The molecule has 0 radical (unpaired) electrons. The maximum atomic E-state index is 11.4. The van der Waals surface area contributed by atoms with Crippen LogP contribution >= 0.6 is 0 Å². The molecule has 17 heavy (non-hydrogen) atoms. The highest BCUT2D eigenvalue weighted by Gasteiger charge is 2.09.